The average Bonchev–Trinajstić information content (AvgIpc) is 2.77. The Labute approximate surface area is 117 Å². The first kappa shape index (κ1) is 13.2. The molecule has 0 bridgehead atoms. The van der Waals surface area contributed by atoms with E-state index in [0.29, 0.717) is 12.2 Å². The molecule has 2 aromatic rings. The molecule has 0 aliphatic rings. The van der Waals surface area contributed by atoms with Crippen LogP contribution in [0.5, 0.6) is 0 Å². The molecule has 0 amide bonds. The van der Waals surface area contributed by atoms with Gasteiger partial charge in [0, 0.05) is 16.0 Å². The van der Waals surface area contributed by atoms with E-state index in [-0.39, 0.29) is 0 Å². The Morgan fingerprint density at radius 1 is 1.61 bits per heavy atom. The minimum absolute atomic E-state index is 0.368. The fourth-order valence-electron chi connectivity index (χ4n) is 1.59. The van der Waals surface area contributed by atoms with E-state index in [1.54, 1.807) is 23.6 Å². The number of rotatable bonds is 4. The molecule has 0 aliphatic heterocycles. The Morgan fingerprint density at radius 3 is 2.94 bits per heavy atom. The monoisotopic (exact) mass is 326 g/mol. The lowest BCUT2D eigenvalue weighted by Gasteiger charge is -2.08. The number of thiophene rings is 1. The molecule has 18 heavy (non-hydrogen) atoms. The van der Waals surface area contributed by atoms with Gasteiger partial charge in [-0.2, -0.15) is 0 Å². The molecule has 2 aromatic heterocycles. The number of nitrogens with zero attached hydrogens (tertiary/aromatic N) is 2. The van der Waals surface area contributed by atoms with Crippen LogP contribution in [0, 0.1) is 0 Å². The molecule has 0 fully saturated rings. The second kappa shape index (κ2) is 5.58. The molecule has 2 rings (SSSR count). The highest BCUT2D eigenvalue weighted by Crippen LogP contribution is 2.29. The number of carboxylic acid groups (broad SMARTS) is 1. The first-order valence-corrected chi connectivity index (χ1v) is 7.09. The van der Waals surface area contributed by atoms with Crippen LogP contribution >= 0.6 is 27.3 Å². The number of hydrogen-bond donors (Lipinski definition) is 1. The third-order valence-electron chi connectivity index (χ3n) is 2.51. The lowest BCUT2D eigenvalue weighted by atomic mass is 10.1. The van der Waals surface area contributed by atoms with Crippen LogP contribution in [0.1, 0.15) is 25.1 Å². The molecule has 1 unspecified atom stereocenters. The minimum atomic E-state index is -0.887. The van der Waals surface area contributed by atoms with E-state index in [1.165, 1.54) is 0 Å². The normalized spacial score (nSPS) is 12.3. The molecular formula is C12H11BrN2O2S. The van der Waals surface area contributed by atoms with E-state index in [0.717, 1.165) is 15.0 Å². The van der Waals surface area contributed by atoms with Crippen LogP contribution in [0.3, 0.4) is 0 Å². The molecule has 0 spiro atoms. The van der Waals surface area contributed by atoms with Crippen molar-refractivity contribution in [1.82, 2.24) is 9.97 Å². The maximum absolute atomic E-state index is 11.1. The second-order valence-corrected chi connectivity index (χ2v) is 5.56. The Kier molecular flexibility index (Phi) is 4.08. The maximum Gasteiger partial charge on any atom is 0.314 e. The van der Waals surface area contributed by atoms with Crippen LogP contribution in [0.2, 0.25) is 0 Å². The molecule has 6 heteroatoms. The van der Waals surface area contributed by atoms with Crippen LogP contribution in [0.15, 0.2) is 28.2 Å². The quantitative estimate of drug-likeness (QED) is 0.933. The van der Waals surface area contributed by atoms with Crippen molar-refractivity contribution in [3.63, 3.8) is 0 Å². The summed E-state index contributed by atoms with van der Waals surface area (Å²) in [4.78, 5) is 20.5. The summed E-state index contributed by atoms with van der Waals surface area (Å²) in [5.41, 5.74) is 0.760. The number of aliphatic carboxylic acids is 1. The van der Waals surface area contributed by atoms with Gasteiger partial charge >= 0.3 is 5.97 Å². The summed E-state index contributed by atoms with van der Waals surface area (Å²) in [5.74, 6) is -1.16. The minimum Gasteiger partial charge on any atom is -0.481 e. The van der Waals surface area contributed by atoms with E-state index in [4.69, 9.17) is 5.11 Å². The fourth-order valence-corrected chi connectivity index (χ4v) is 2.99. The summed E-state index contributed by atoms with van der Waals surface area (Å²) in [6, 6.07) is 3.74. The maximum atomic E-state index is 11.1. The fraction of sp³-hybridized carbons (Fsp3) is 0.250. The predicted molar refractivity (Wildman–Crippen MR) is 73.7 cm³/mol. The van der Waals surface area contributed by atoms with Gasteiger partial charge in [0.25, 0.3) is 0 Å². The average molecular weight is 327 g/mol. The van der Waals surface area contributed by atoms with Gasteiger partial charge in [0.05, 0.1) is 10.6 Å². The zero-order chi connectivity index (χ0) is 13.1. The third-order valence-corrected chi connectivity index (χ3v) is 4.23. The van der Waals surface area contributed by atoms with E-state index in [9.17, 15) is 4.79 Å². The Balaban J connectivity index is 2.38. The standard InChI is InChI=1S/C12H11BrN2O2S/c1-2-8(12(16)17)11-14-4-3-9(15-11)10-5-7(13)6-18-10/h3-6,8H,2H2,1H3,(H,16,17). The van der Waals surface area contributed by atoms with Gasteiger partial charge in [-0.15, -0.1) is 11.3 Å². The number of carbonyl (C=O) groups is 1. The smallest absolute Gasteiger partial charge is 0.314 e. The van der Waals surface area contributed by atoms with E-state index in [2.05, 4.69) is 25.9 Å². The van der Waals surface area contributed by atoms with Crippen LogP contribution < -0.4 is 0 Å². The highest BCUT2D eigenvalue weighted by molar-refractivity contribution is 9.10. The van der Waals surface area contributed by atoms with Crippen LogP contribution in [0.4, 0.5) is 0 Å². The van der Waals surface area contributed by atoms with Gasteiger partial charge < -0.3 is 5.11 Å². The predicted octanol–water partition coefficient (Wildman–Crippen LogP) is 3.55. The summed E-state index contributed by atoms with van der Waals surface area (Å²) in [6.45, 7) is 1.82. The summed E-state index contributed by atoms with van der Waals surface area (Å²) in [6.07, 6.45) is 2.09. The van der Waals surface area contributed by atoms with Crippen LogP contribution in [0.25, 0.3) is 10.6 Å². The molecule has 1 N–H and O–H groups in total. The van der Waals surface area contributed by atoms with Crippen LogP contribution in [-0.4, -0.2) is 21.0 Å². The molecule has 0 aromatic carbocycles. The van der Waals surface area contributed by atoms with Gasteiger partial charge in [0.2, 0.25) is 0 Å². The van der Waals surface area contributed by atoms with Crippen molar-refractivity contribution in [2.24, 2.45) is 0 Å². The summed E-state index contributed by atoms with van der Waals surface area (Å²) in [5, 5.41) is 11.1. The number of halogens is 1. The van der Waals surface area contributed by atoms with Gasteiger partial charge in [-0.1, -0.05) is 6.92 Å². The molecule has 0 saturated carbocycles. The number of carboxylic acids is 1. The molecule has 1 atom stereocenters. The number of hydrogen-bond acceptors (Lipinski definition) is 4. The van der Waals surface area contributed by atoms with Gasteiger partial charge in [0.1, 0.15) is 11.7 Å². The first-order valence-electron chi connectivity index (χ1n) is 5.42. The summed E-state index contributed by atoms with van der Waals surface area (Å²) in [7, 11) is 0. The highest BCUT2D eigenvalue weighted by atomic mass is 79.9. The van der Waals surface area contributed by atoms with E-state index < -0.39 is 11.9 Å². The zero-order valence-electron chi connectivity index (χ0n) is 9.63. The molecule has 2 heterocycles. The molecular weight excluding hydrogens is 316 g/mol. The number of aromatic nitrogens is 2. The van der Waals surface area contributed by atoms with Gasteiger partial charge in [-0.05, 0) is 34.5 Å². The highest BCUT2D eigenvalue weighted by Gasteiger charge is 2.21. The Bertz CT molecular complexity index is 571. The van der Waals surface area contributed by atoms with E-state index in [1.807, 2.05) is 18.4 Å². The third kappa shape index (κ3) is 2.76. The Morgan fingerprint density at radius 2 is 2.39 bits per heavy atom. The van der Waals surface area contributed by atoms with Gasteiger partial charge in [0.15, 0.2) is 0 Å². The van der Waals surface area contributed by atoms with E-state index >= 15 is 0 Å². The largest absolute Gasteiger partial charge is 0.481 e. The van der Waals surface area contributed by atoms with Crippen molar-refractivity contribution >= 4 is 33.2 Å². The molecule has 0 saturated heterocycles. The van der Waals surface area contributed by atoms with Crippen molar-refractivity contribution in [3.8, 4) is 10.6 Å². The van der Waals surface area contributed by atoms with Crippen molar-refractivity contribution in [2.45, 2.75) is 19.3 Å². The van der Waals surface area contributed by atoms with Crippen molar-refractivity contribution in [1.29, 1.82) is 0 Å². The van der Waals surface area contributed by atoms with Crippen LogP contribution in [-0.2, 0) is 4.79 Å². The Hall–Kier alpha value is -1.27. The van der Waals surface area contributed by atoms with Crippen molar-refractivity contribution in [2.75, 3.05) is 0 Å². The second-order valence-electron chi connectivity index (χ2n) is 3.73. The van der Waals surface area contributed by atoms with Crippen molar-refractivity contribution in [3.05, 3.63) is 34.0 Å². The molecule has 0 radical (unpaired) electrons. The lowest BCUT2D eigenvalue weighted by Crippen LogP contribution is -2.14. The van der Waals surface area contributed by atoms with Gasteiger partial charge in [-0.25, -0.2) is 9.97 Å². The molecule has 94 valence electrons. The summed E-state index contributed by atoms with van der Waals surface area (Å²) < 4.78 is 0.993. The molecule has 4 nitrogen and oxygen atoms in total. The lowest BCUT2D eigenvalue weighted by molar-refractivity contribution is -0.139. The zero-order valence-corrected chi connectivity index (χ0v) is 12.0. The topological polar surface area (TPSA) is 63.1 Å². The first-order chi connectivity index (χ1) is 8.61. The SMILES string of the molecule is CCC(C(=O)O)c1nccc(-c2cc(Br)cs2)n1. The van der Waals surface area contributed by atoms with Crippen molar-refractivity contribution < 1.29 is 9.90 Å². The molecule has 0 aliphatic carbocycles. The summed E-state index contributed by atoms with van der Waals surface area (Å²) >= 11 is 4.94. The van der Waals surface area contributed by atoms with Gasteiger partial charge in [-0.3, -0.25) is 4.79 Å².